The summed E-state index contributed by atoms with van der Waals surface area (Å²) in [6, 6.07) is 0.165. The van der Waals surface area contributed by atoms with E-state index in [1.807, 2.05) is 17.3 Å². The Balaban J connectivity index is 1.59. The van der Waals surface area contributed by atoms with Crippen LogP contribution in [-0.2, 0) is 4.74 Å². The van der Waals surface area contributed by atoms with Crippen LogP contribution in [0, 0.1) is 0 Å². The summed E-state index contributed by atoms with van der Waals surface area (Å²) < 4.78 is 5.54. The van der Waals surface area contributed by atoms with Crippen LogP contribution in [0.4, 0.5) is 4.79 Å². The molecule has 2 saturated heterocycles. The van der Waals surface area contributed by atoms with Gasteiger partial charge in [-0.05, 0) is 32.1 Å². The van der Waals surface area contributed by atoms with Crippen molar-refractivity contribution in [3.05, 3.63) is 18.0 Å². The lowest BCUT2D eigenvalue weighted by molar-refractivity contribution is 0.104. The number of carbonyl (C=O) groups excluding carboxylic acids is 1. The molecule has 1 aromatic heterocycles. The molecule has 110 valence electrons. The van der Waals surface area contributed by atoms with E-state index in [1.54, 1.807) is 0 Å². The molecule has 2 atom stereocenters. The van der Waals surface area contributed by atoms with Crippen molar-refractivity contribution >= 4 is 6.03 Å². The highest BCUT2D eigenvalue weighted by Gasteiger charge is 2.29. The topological polar surface area (TPSA) is 70.2 Å². The first-order valence-corrected chi connectivity index (χ1v) is 7.49. The lowest BCUT2D eigenvalue weighted by Gasteiger charge is -2.35. The van der Waals surface area contributed by atoms with Gasteiger partial charge in [0.15, 0.2) is 0 Å². The van der Waals surface area contributed by atoms with Gasteiger partial charge in [-0.2, -0.15) is 5.10 Å². The lowest BCUT2D eigenvalue weighted by Crippen LogP contribution is -2.46. The fourth-order valence-corrected chi connectivity index (χ4v) is 3.07. The molecule has 2 amide bonds. The van der Waals surface area contributed by atoms with Crippen molar-refractivity contribution in [1.29, 1.82) is 0 Å². The van der Waals surface area contributed by atoms with E-state index in [0.29, 0.717) is 6.54 Å². The van der Waals surface area contributed by atoms with Gasteiger partial charge in [-0.1, -0.05) is 0 Å². The van der Waals surface area contributed by atoms with Gasteiger partial charge in [0.25, 0.3) is 0 Å². The van der Waals surface area contributed by atoms with E-state index in [4.69, 9.17) is 4.74 Å². The molecule has 3 heterocycles. The lowest BCUT2D eigenvalue weighted by atomic mass is 9.98. The van der Waals surface area contributed by atoms with Crippen molar-refractivity contribution in [2.45, 2.75) is 44.2 Å². The number of H-pyrrole nitrogens is 1. The summed E-state index contributed by atoms with van der Waals surface area (Å²) >= 11 is 0. The van der Waals surface area contributed by atoms with Crippen LogP contribution in [0.1, 0.15) is 43.7 Å². The Morgan fingerprint density at radius 1 is 1.45 bits per heavy atom. The molecule has 1 aromatic rings. The first-order chi connectivity index (χ1) is 9.84. The van der Waals surface area contributed by atoms with Crippen LogP contribution in [-0.4, -0.2) is 46.9 Å². The van der Waals surface area contributed by atoms with Gasteiger partial charge in [0.1, 0.15) is 0 Å². The summed E-state index contributed by atoms with van der Waals surface area (Å²) in [6.07, 6.45) is 9.27. The largest absolute Gasteiger partial charge is 0.376 e. The van der Waals surface area contributed by atoms with Crippen molar-refractivity contribution in [3.8, 4) is 0 Å². The average molecular weight is 278 g/mol. The van der Waals surface area contributed by atoms with Gasteiger partial charge in [-0.25, -0.2) is 4.79 Å². The number of aromatic nitrogens is 2. The number of likely N-dealkylation sites (tertiary alicyclic amines) is 1. The number of urea groups is 1. The number of amides is 2. The van der Waals surface area contributed by atoms with Crippen molar-refractivity contribution in [3.63, 3.8) is 0 Å². The minimum atomic E-state index is 0.0198. The molecule has 0 aromatic carbocycles. The molecule has 0 spiro atoms. The monoisotopic (exact) mass is 278 g/mol. The molecule has 6 nitrogen and oxygen atoms in total. The van der Waals surface area contributed by atoms with Gasteiger partial charge in [-0.15, -0.1) is 0 Å². The van der Waals surface area contributed by atoms with Crippen LogP contribution in [0.2, 0.25) is 0 Å². The molecule has 2 aliphatic heterocycles. The molecule has 20 heavy (non-hydrogen) atoms. The van der Waals surface area contributed by atoms with Gasteiger partial charge in [-0.3, -0.25) is 5.10 Å². The molecule has 3 rings (SSSR count). The Kier molecular flexibility index (Phi) is 4.20. The second-order valence-corrected chi connectivity index (χ2v) is 5.56. The molecule has 2 fully saturated rings. The second kappa shape index (κ2) is 6.26. The first-order valence-electron chi connectivity index (χ1n) is 7.49. The molecule has 6 heteroatoms. The van der Waals surface area contributed by atoms with Gasteiger partial charge >= 0.3 is 6.03 Å². The quantitative estimate of drug-likeness (QED) is 0.886. The number of rotatable bonds is 3. The number of nitrogens with zero attached hydrogens (tertiary/aromatic N) is 2. The molecular weight excluding hydrogens is 256 g/mol. The van der Waals surface area contributed by atoms with Crippen molar-refractivity contribution in [2.24, 2.45) is 0 Å². The van der Waals surface area contributed by atoms with E-state index in [0.717, 1.165) is 50.8 Å². The Hall–Kier alpha value is -1.56. The summed E-state index contributed by atoms with van der Waals surface area (Å²) in [5.74, 6) is 0. The van der Waals surface area contributed by atoms with Crippen molar-refractivity contribution in [1.82, 2.24) is 20.4 Å². The highest BCUT2D eigenvalue weighted by atomic mass is 16.5. The number of carbonyl (C=O) groups is 1. The van der Waals surface area contributed by atoms with Crippen molar-refractivity contribution in [2.75, 3.05) is 19.7 Å². The summed E-state index contributed by atoms with van der Waals surface area (Å²) in [5, 5.41) is 9.85. The van der Waals surface area contributed by atoms with Crippen LogP contribution in [0.25, 0.3) is 0 Å². The van der Waals surface area contributed by atoms with Gasteiger partial charge < -0.3 is 15.0 Å². The number of hydrogen-bond donors (Lipinski definition) is 2. The minimum Gasteiger partial charge on any atom is -0.376 e. The van der Waals surface area contributed by atoms with Gasteiger partial charge in [0.05, 0.1) is 18.3 Å². The fraction of sp³-hybridized carbons (Fsp3) is 0.714. The molecule has 0 bridgehead atoms. The standard InChI is InChI=1S/C14H22N4O2/c19-14(15-10-12-4-3-7-20-12)18-6-2-1-5-13(18)11-8-16-17-9-11/h8-9,12-13H,1-7,10H2,(H,15,19)(H,16,17)/t12-,13+/m0/s1. The maximum absolute atomic E-state index is 12.4. The summed E-state index contributed by atoms with van der Waals surface area (Å²) in [7, 11) is 0. The average Bonchev–Trinajstić information content (AvgIpc) is 3.18. The van der Waals surface area contributed by atoms with E-state index in [1.165, 1.54) is 0 Å². The maximum Gasteiger partial charge on any atom is 0.318 e. The molecule has 0 aliphatic carbocycles. The number of aromatic amines is 1. The van der Waals surface area contributed by atoms with E-state index in [2.05, 4.69) is 15.5 Å². The van der Waals surface area contributed by atoms with E-state index < -0.39 is 0 Å². The number of nitrogens with one attached hydrogen (secondary N) is 2. The molecular formula is C14H22N4O2. The van der Waals surface area contributed by atoms with Crippen LogP contribution >= 0.6 is 0 Å². The minimum absolute atomic E-state index is 0.0198. The third kappa shape index (κ3) is 2.95. The SMILES string of the molecule is O=C(NC[C@@H]1CCCO1)N1CCCC[C@@H]1c1cn[nH]c1. The Labute approximate surface area is 118 Å². The zero-order valence-electron chi connectivity index (χ0n) is 11.7. The predicted octanol–water partition coefficient (Wildman–Crippen LogP) is 1.83. The summed E-state index contributed by atoms with van der Waals surface area (Å²) in [4.78, 5) is 14.3. The Morgan fingerprint density at radius 2 is 2.40 bits per heavy atom. The van der Waals surface area contributed by atoms with E-state index in [9.17, 15) is 4.79 Å². The summed E-state index contributed by atoms with van der Waals surface area (Å²) in [5.41, 5.74) is 1.09. The van der Waals surface area contributed by atoms with E-state index >= 15 is 0 Å². The number of hydrogen-bond acceptors (Lipinski definition) is 3. The molecule has 0 saturated carbocycles. The molecule has 0 unspecified atom stereocenters. The molecule has 0 radical (unpaired) electrons. The second-order valence-electron chi connectivity index (χ2n) is 5.56. The van der Waals surface area contributed by atoms with Crippen LogP contribution in [0.3, 0.4) is 0 Å². The molecule has 2 aliphatic rings. The van der Waals surface area contributed by atoms with Crippen molar-refractivity contribution < 1.29 is 9.53 Å². The normalized spacial score (nSPS) is 26.7. The smallest absolute Gasteiger partial charge is 0.318 e. The highest BCUT2D eigenvalue weighted by Crippen LogP contribution is 2.30. The van der Waals surface area contributed by atoms with Crippen LogP contribution < -0.4 is 5.32 Å². The van der Waals surface area contributed by atoms with Gasteiger partial charge in [0, 0.05) is 31.5 Å². The zero-order valence-corrected chi connectivity index (χ0v) is 11.7. The first kappa shape index (κ1) is 13.4. The third-order valence-corrected chi connectivity index (χ3v) is 4.17. The summed E-state index contributed by atoms with van der Waals surface area (Å²) in [6.45, 7) is 2.25. The Morgan fingerprint density at radius 3 is 3.15 bits per heavy atom. The fourth-order valence-electron chi connectivity index (χ4n) is 3.07. The zero-order chi connectivity index (χ0) is 13.8. The van der Waals surface area contributed by atoms with E-state index in [-0.39, 0.29) is 18.2 Å². The Bertz CT molecular complexity index is 428. The highest BCUT2D eigenvalue weighted by molar-refractivity contribution is 5.74. The third-order valence-electron chi connectivity index (χ3n) is 4.17. The predicted molar refractivity (Wildman–Crippen MR) is 74.3 cm³/mol. The number of ether oxygens (including phenoxy) is 1. The molecule has 2 N–H and O–H groups in total. The van der Waals surface area contributed by atoms with Crippen LogP contribution in [0.5, 0.6) is 0 Å². The number of piperidine rings is 1. The maximum atomic E-state index is 12.4. The van der Waals surface area contributed by atoms with Gasteiger partial charge in [0.2, 0.25) is 0 Å². The van der Waals surface area contributed by atoms with Crippen LogP contribution in [0.15, 0.2) is 12.4 Å².